The van der Waals surface area contributed by atoms with Crippen LogP contribution in [0.4, 0.5) is 0 Å². The number of hydrogen-bond donors (Lipinski definition) is 0. The molecule has 0 aliphatic carbocycles. The van der Waals surface area contributed by atoms with Gasteiger partial charge in [0.25, 0.3) is 0 Å². The van der Waals surface area contributed by atoms with Crippen LogP contribution in [0.15, 0.2) is 73.3 Å². The Morgan fingerprint density at radius 2 is 1.43 bits per heavy atom. The van der Waals surface area contributed by atoms with Crippen molar-refractivity contribution in [1.29, 1.82) is 0 Å². The third-order valence-corrected chi connectivity index (χ3v) is 7.18. The summed E-state index contributed by atoms with van der Waals surface area (Å²) in [6.45, 7) is 17.2. The Morgan fingerprint density at radius 3 is 1.80 bits per heavy atom. The molecule has 0 aliphatic heterocycles. The minimum absolute atomic E-state index is 0.167. The second kappa shape index (κ2) is 11.8. The van der Waals surface area contributed by atoms with Crippen LogP contribution in [0.5, 0.6) is 0 Å². The maximum absolute atomic E-state index is 6.71. The number of nitrogens with zero attached hydrogens (tertiary/aromatic N) is 1. The van der Waals surface area contributed by atoms with E-state index >= 15 is 0 Å². The van der Waals surface area contributed by atoms with E-state index in [1.54, 1.807) is 0 Å². The standard InChI is InChI=1S/C26H37NOSeSi/c1-7-14-24(25(21(2)3)28-30(4,5)6)26(29)27(19-22-15-10-8-11-16-22)20-23-17-12-9-13-18-23/h7-13,15-18,21,24-25H,1,14,19-20H2,2-6H3/t24-,25+/m0/s1. The molecule has 0 saturated heterocycles. The predicted octanol–water partition coefficient (Wildman–Crippen LogP) is 6.06. The van der Waals surface area contributed by atoms with Crippen LogP contribution in [0.3, 0.4) is 0 Å². The van der Waals surface area contributed by atoms with Crippen molar-refractivity contribution in [1.82, 2.24) is 4.90 Å². The molecule has 0 spiro atoms. The molecule has 0 fully saturated rings. The number of hydrogen-bond acceptors (Lipinski definition) is 2. The molecule has 162 valence electrons. The number of allylic oxidation sites excluding steroid dienone is 1. The molecule has 2 aromatic carbocycles. The fourth-order valence-corrected chi connectivity index (χ4v) is 5.71. The van der Waals surface area contributed by atoms with E-state index in [2.05, 4.69) is 121 Å². The van der Waals surface area contributed by atoms with Crippen LogP contribution in [0.1, 0.15) is 31.4 Å². The molecule has 30 heavy (non-hydrogen) atoms. The summed E-state index contributed by atoms with van der Waals surface area (Å²) >= 11 is 3.45. The van der Waals surface area contributed by atoms with Gasteiger partial charge in [0, 0.05) is 0 Å². The predicted molar refractivity (Wildman–Crippen MR) is 134 cm³/mol. The van der Waals surface area contributed by atoms with E-state index in [1.165, 1.54) is 15.7 Å². The van der Waals surface area contributed by atoms with E-state index in [0.717, 1.165) is 19.5 Å². The van der Waals surface area contributed by atoms with Crippen LogP contribution >= 0.6 is 0 Å². The van der Waals surface area contributed by atoms with Gasteiger partial charge in [0.05, 0.1) is 0 Å². The Labute approximate surface area is 192 Å². The van der Waals surface area contributed by atoms with Gasteiger partial charge in [0.2, 0.25) is 0 Å². The Hall–Kier alpha value is -1.45. The van der Waals surface area contributed by atoms with Gasteiger partial charge < -0.3 is 0 Å². The Balaban J connectivity index is 2.36. The molecule has 2 aromatic rings. The van der Waals surface area contributed by atoms with Gasteiger partial charge in [-0.2, -0.15) is 0 Å². The zero-order valence-electron chi connectivity index (χ0n) is 19.2. The summed E-state index contributed by atoms with van der Waals surface area (Å²) in [4.78, 5) is 2.47. The summed E-state index contributed by atoms with van der Waals surface area (Å²) < 4.78 is 7.97. The summed E-state index contributed by atoms with van der Waals surface area (Å²) in [5.41, 5.74) is 2.62. The summed E-state index contributed by atoms with van der Waals surface area (Å²) in [5, 5.41) is 0. The van der Waals surface area contributed by atoms with E-state index in [-0.39, 0.29) is 12.0 Å². The topological polar surface area (TPSA) is 12.5 Å². The average Bonchev–Trinajstić information content (AvgIpc) is 2.70. The monoisotopic (exact) mass is 487 g/mol. The molecule has 2 atom stereocenters. The van der Waals surface area contributed by atoms with E-state index in [9.17, 15) is 0 Å². The van der Waals surface area contributed by atoms with Crippen LogP contribution in [0, 0.1) is 11.8 Å². The molecule has 0 heterocycles. The molecule has 4 heteroatoms. The number of rotatable bonds is 12. The molecule has 0 radical (unpaired) electrons. The van der Waals surface area contributed by atoms with Crippen LogP contribution < -0.4 is 0 Å². The second-order valence-corrected chi connectivity index (χ2v) is 14.6. The Morgan fingerprint density at radius 1 is 0.967 bits per heavy atom. The Bertz CT molecular complexity index is 744. The van der Waals surface area contributed by atoms with Crippen LogP contribution in [0.2, 0.25) is 19.6 Å². The first-order chi connectivity index (χ1) is 14.2. The fraction of sp³-hybridized carbons (Fsp3) is 0.423. The third kappa shape index (κ3) is 8.00. The molecule has 0 bridgehead atoms. The minimum atomic E-state index is -1.68. The van der Waals surface area contributed by atoms with Crippen molar-refractivity contribution in [2.24, 2.45) is 11.8 Å². The summed E-state index contributed by atoms with van der Waals surface area (Å²) in [5.74, 6) is 0.696. The second-order valence-electron chi connectivity index (χ2n) is 9.24. The zero-order chi connectivity index (χ0) is 22.1. The van der Waals surface area contributed by atoms with Crippen molar-refractivity contribution in [2.75, 3.05) is 0 Å². The summed E-state index contributed by atoms with van der Waals surface area (Å²) in [6, 6.07) is 21.4. The molecule has 0 N–H and O–H groups in total. The van der Waals surface area contributed by atoms with E-state index in [0.29, 0.717) is 5.92 Å². The maximum atomic E-state index is 6.71. The van der Waals surface area contributed by atoms with Gasteiger partial charge in [-0.1, -0.05) is 0 Å². The molecule has 2 nitrogen and oxygen atoms in total. The van der Waals surface area contributed by atoms with Gasteiger partial charge in [-0.05, 0) is 0 Å². The number of benzene rings is 2. The molecule has 0 aromatic heterocycles. The molecule has 0 amide bonds. The quantitative estimate of drug-likeness (QED) is 0.267. The fourth-order valence-electron chi connectivity index (χ4n) is 3.70. The van der Waals surface area contributed by atoms with Gasteiger partial charge in [-0.25, -0.2) is 0 Å². The third-order valence-electron chi connectivity index (χ3n) is 5.03. The zero-order valence-corrected chi connectivity index (χ0v) is 21.9. The van der Waals surface area contributed by atoms with Crippen LogP contribution in [0.25, 0.3) is 0 Å². The van der Waals surface area contributed by atoms with Gasteiger partial charge >= 0.3 is 193 Å². The molecule has 0 unspecified atom stereocenters. The van der Waals surface area contributed by atoms with Crippen molar-refractivity contribution in [3.63, 3.8) is 0 Å². The molecular formula is C26H37NOSeSi. The van der Waals surface area contributed by atoms with Crippen molar-refractivity contribution >= 4 is 28.4 Å². The van der Waals surface area contributed by atoms with Gasteiger partial charge in [-0.3, -0.25) is 0 Å². The molecule has 0 aliphatic rings. The van der Waals surface area contributed by atoms with Crippen molar-refractivity contribution in [2.45, 2.75) is 59.1 Å². The summed E-state index contributed by atoms with van der Waals surface area (Å²) in [6.07, 6.45) is 3.10. The van der Waals surface area contributed by atoms with Gasteiger partial charge in [0.1, 0.15) is 0 Å². The first-order valence-electron chi connectivity index (χ1n) is 10.9. The van der Waals surface area contributed by atoms with E-state index in [4.69, 9.17) is 4.43 Å². The summed E-state index contributed by atoms with van der Waals surface area (Å²) in [7, 11) is -1.68. The first-order valence-corrected chi connectivity index (χ1v) is 15.1. The van der Waals surface area contributed by atoms with Gasteiger partial charge in [-0.15, -0.1) is 0 Å². The van der Waals surface area contributed by atoms with Crippen molar-refractivity contribution in [3.05, 3.63) is 84.4 Å². The van der Waals surface area contributed by atoms with E-state index < -0.39 is 8.32 Å². The van der Waals surface area contributed by atoms with Crippen LogP contribution in [-0.2, 0) is 17.5 Å². The molecule has 0 saturated carbocycles. The normalized spacial score (nSPS) is 13.7. The molecule has 2 rings (SSSR count). The Kier molecular flexibility index (Phi) is 9.77. The van der Waals surface area contributed by atoms with Gasteiger partial charge in [0.15, 0.2) is 0 Å². The van der Waals surface area contributed by atoms with Crippen LogP contribution in [-0.4, -0.2) is 39.4 Å². The molecular weight excluding hydrogens is 449 g/mol. The van der Waals surface area contributed by atoms with Crippen molar-refractivity contribution in [3.8, 4) is 0 Å². The average molecular weight is 487 g/mol. The first kappa shape index (κ1) is 24.8. The van der Waals surface area contributed by atoms with Crippen molar-refractivity contribution < 1.29 is 4.43 Å². The SMILES string of the molecule is C=CC[C@H](C(=[Se])N(Cc1ccccc1)Cc1ccccc1)[C@H](O[Si](C)(C)C)C(C)C. The van der Waals surface area contributed by atoms with E-state index in [1.807, 2.05) is 6.08 Å².